The molecule has 3 nitrogen and oxygen atoms in total. The van der Waals surface area contributed by atoms with Gasteiger partial charge in [0.1, 0.15) is 0 Å². The lowest BCUT2D eigenvalue weighted by atomic mass is 10.0. The van der Waals surface area contributed by atoms with Gasteiger partial charge in [-0.1, -0.05) is 6.92 Å². The summed E-state index contributed by atoms with van der Waals surface area (Å²) in [7, 11) is 0. The Morgan fingerprint density at radius 2 is 2.11 bits per heavy atom. The first-order valence-corrected chi connectivity index (χ1v) is 2.84. The van der Waals surface area contributed by atoms with Gasteiger partial charge in [0.25, 0.3) is 0 Å². The van der Waals surface area contributed by atoms with Gasteiger partial charge in [0.05, 0.1) is 12.0 Å². The van der Waals surface area contributed by atoms with Gasteiger partial charge in [-0.25, -0.2) is 0 Å². The molecule has 0 heterocycles. The molecular formula is C6H12N2O. The monoisotopic (exact) mass is 128 g/mol. The summed E-state index contributed by atoms with van der Waals surface area (Å²) in [4.78, 5) is 14.1. The molecule has 0 aliphatic carbocycles. The average molecular weight is 128 g/mol. The summed E-state index contributed by atoms with van der Waals surface area (Å²) < 4.78 is 0. The highest BCUT2D eigenvalue weighted by atomic mass is 16.1. The normalized spacial score (nSPS) is 16.2. The van der Waals surface area contributed by atoms with Crippen LogP contribution in [0.2, 0.25) is 0 Å². The molecule has 0 fully saturated rings. The Hall–Kier alpha value is -0.860. The largest absolute Gasteiger partial charge is 0.369 e. The zero-order valence-electron chi connectivity index (χ0n) is 5.79. The molecule has 0 saturated heterocycles. The van der Waals surface area contributed by atoms with E-state index < -0.39 is 0 Å². The van der Waals surface area contributed by atoms with E-state index in [4.69, 9.17) is 5.73 Å². The minimum atomic E-state index is -0.324. The number of rotatable bonds is 3. The molecule has 0 aromatic heterocycles. The molecule has 0 aliphatic rings. The fourth-order valence-corrected chi connectivity index (χ4v) is 0.396. The quantitative estimate of drug-likeness (QED) is 0.542. The van der Waals surface area contributed by atoms with Crippen LogP contribution in [-0.4, -0.2) is 18.7 Å². The second-order valence-electron chi connectivity index (χ2n) is 2.11. The van der Waals surface area contributed by atoms with E-state index in [1.807, 2.05) is 6.92 Å². The zero-order chi connectivity index (χ0) is 7.44. The van der Waals surface area contributed by atoms with Gasteiger partial charge >= 0.3 is 0 Å². The lowest BCUT2D eigenvalue weighted by molar-refractivity contribution is -0.121. The number of carbonyl (C=O) groups is 1. The summed E-state index contributed by atoms with van der Waals surface area (Å²) in [6.45, 7) is 6.85. The van der Waals surface area contributed by atoms with Crippen molar-refractivity contribution in [3.8, 4) is 0 Å². The lowest BCUT2D eigenvalue weighted by Crippen LogP contribution is -2.28. The van der Waals surface area contributed by atoms with Gasteiger partial charge < -0.3 is 5.73 Å². The number of nitrogens with two attached hydrogens (primary N) is 1. The van der Waals surface area contributed by atoms with E-state index in [0.717, 1.165) is 0 Å². The van der Waals surface area contributed by atoms with Crippen molar-refractivity contribution in [2.45, 2.75) is 19.9 Å². The Balaban J connectivity index is 3.86. The Kier molecular flexibility index (Phi) is 2.91. The summed E-state index contributed by atoms with van der Waals surface area (Å²) in [5.74, 6) is -0.530. The minimum absolute atomic E-state index is 0.0671. The van der Waals surface area contributed by atoms with Crippen LogP contribution in [0, 0.1) is 5.92 Å². The van der Waals surface area contributed by atoms with Crippen molar-refractivity contribution < 1.29 is 4.79 Å². The summed E-state index contributed by atoms with van der Waals surface area (Å²) in [6.07, 6.45) is 0. The van der Waals surface area contributed by atoms with Crippen LogP contribution in [0.4, 0.5) is 0 Å². The first kappa shape index (κ1) is 8.14. The van der Waals surface area contributed by atoms with Gasteiger partial charge in [-0.3, -0.25) is 9.79 Å². The molecule has 2 atom stereocenters. The van der Waals surface area contributed by atoms with Crippen molar-refractivity contribution in [1.82, 2.24) is 0 Å². The first-order valence-electron chi connectivity index (χ1n) is 2.84. The number of primary amides is 1. The first-order chi connectivity index (χ1) is 4.09. The number of carbonyl (C=O) groups excluding carboxylic acids is 1. The number of hydrogen-bond donors (Lipinski definition) is 1. The molecule has 3 heteroatoms. The molecule has 9 heavy (non-hydrogen) atoms. The van der Waals surface area contributed by atoms with Crippen LogP contribution in [0.5, 0.6) is 0 Å². The van der Waals surface area contributed by atoms with Gasteiger partial charge in [0.15, 0.2) is 0 Å². The van der Waals surface area contributed by atoms with Crippen LogP contribution in [0.15, 0.2) is 4.99 Å². The molecule has 2 N–H and O–H groups in total. The average Bonchev–Trinajstić information content (AvgIpc) is 1.84. The highest BCUT2D eigenvalue weighted by Crippen LogP contribution is 2.03. The van der Waals surface area contributed by atoms with Crippen molar-refractivity contribution >= 4 is 12.6 Å². The van der Waals surface area contributed by atoms with Gasteiger partial charge in [-0.05, 0) is 13.6 Å². The number of aliphatic imine (C=N–C) groups is 1. The third kappa shape index (κ3) is 2.26. The van der Waals surface area contributed by atoms with Crippen molar-refractivity contribution in [2.24, 2.45) is 16.6 Å². The maximum absolute atomic E-state index is 10.4. The summed E-state index contributed by atoms with van der Waals surface area (Å²) >= 11 is 0. The van der Waals surface area contributed by atoms with Crippen molar-refractivity contribution in [3.05, 3.63) is 0 Å². The van der Waals surface area contributed by atoms with Gasteiger partial charge in [0.2, 0.25) is 5.91 Å². The van der Waals surface area contributed by atoms with Crippen LogP contribution in [0.25, 0.3) is 0 Å². The fourth-order valence-electron chi connectivity index (χ4n) is 0.396. The topological polar surface area (TPSA) is 55.4 Å². The number of amides is 1. The molecule has 0 aliphatic heterocycles. The molecule has 0 saturated carbocycles. The van der Waals surface area contributed by atoms with E-state index in [0.29, 0.717) is 0 Å². The Labute approximate surface area is 55.0 Å². The molecule has 0 aromatic rings. The van der Waals surface area contributed by atoms with Crippen LogP contribution >= 0.6 is 0 Å². The summed E-state index contributed by atoms with van der Waals surface area (Å²) in [5, 5.41) is 0. The van der Waals surface area contributed by atoms with Gasteiger partial charge in [-0.2, -0.15) is 0 Å². The van der Waals surface area contributed by atoms with Gasteiger partial charge in [-0.15, -0.1) is 0 Å². The Morgan fingerprint density at radius 1 is 1.67 bits per heavy atom. The molecule has 0 aromatic carbocycles. The predicted octanol–water partition coefficient (Wildman–Crippen LogP) is 0.197. The van der Waals surface area contributed by atoms with Crippen molar-refractivity contribution in [3.63, 3.8) is 0 Å². The van der Waals surface area contributed by atoms with E-state index in [9.17, 15) is 4.79 Å². The zero-order valence-corrected chi connectivity index (χ0v) is 5.79. The number of hydrogen-bond acceptors (Lipinski definition) is 2. The van der Waals surface area contributed by atoms with Crippen LogP contribution in [0.3, 0.4) is 0 Å². The maximum atomic E-state index is 10.4. The molecular weight excluding hydrogens is 116 g/mol. The molecule has 0 rings (SSSR count). The predicted molar refractivity (Wildman–Crippen MR) is 37.4 cm³/mol. The molecule has 0 bridgehead atoms. The highest BCUT2D eigenvalue weighted by Gasteiger charge is 2.14. The fraction of sp³-hybridized carbons (Fsp3) is 0.667. The third-order valence-corrected chi connectivity index (χ3v) is 1.46. The summed E-state index contributed by atoms with van der Waals surface area (Å²) in [5.41, 5.74) is 4.99. The Bertz CT molecular complexity index is 122. The standard InChI is InChI=1S/C6H12N2O/c1-4(6(7)9)5(2)8-3/h4-5H,3H2,1-2H3,(H2,7,9). The molecule has 52 valence electrons. The maximum Gasteiger partial charge on any atom is 0.222 e. The molecule has 0 spiro atoms. The highest BCUT2D eigenvalue weighted by molar-refractivity contribution is 5.77. The molecule has 0 radical (unpaired) electrons. The smallest absolute Gasteiger partial charge is 0.222 e. The molecule has 2 unspecified atom stereocenters. The SMILES string of the molecule is C=NC(C)C(C)C(N)=O. The second kappa shape index (κ2) is 3.22. The minimum Gasteiger partial charge on any atom is -0.369 e. The second-order valence-corrected chi connectivity index (χ2v) is 2.11. The Morgan fingerprint density at radius 3 is 2.22 bits per heavy atom. The van der Waals surface area contributed by atoms with Gasteiger partial charge in [0, 0.05) is 0 Å². The number of nitrogens with zero attached hydrogens (tertiary/aromatic N) is 1. The third-order valence-electron chi connectivity index (χ3n) is 1.46. The van der Waals surface area contributed by atoms with E-state index >= 15 is 0 Å². The van der Waals surface area contributed by atoms with Crippen molar-refractivity contribution in [2.75, 3.05) is 0 Å². The van der Waals surface area contributed by atoms with E-state index in [-0.39, 0.29) is 17.9 Å². The van der Waals surface area contributed by atoms with Crippen LogP contribution in [-0.2, 0) is 4.79 Å². The van der Waals surface area contributed by atoms with Crippen LogP contribution in [0.1, 0.15) is 13.8 Å². The van der Waals surface area contributed by atoms with Crippen LogP contribution < -0.4 is 5.73 Å². The van der Waals surface area contributed by atoms with Crippen molar-refractivity contribution in [1.29, 1.82) is 0 Å². The lowest BCUT2D eigenvalue weighted by Gasteiger charge is -2.09. The van der Waals surface area contributed by atoms with E-state index in [1.54, 1.807) is 6.92 Å². The van der Waals surface area contributed by atoms with E-state index in [1.165, 1.54) is 0 Å². The summed E-state index contributed by atoms with van der Waals surface area (Å²) in [6, 6.07) is -0.0671. The van der Waals surface area contributed by atoms with E-state index in [2.05, 4.69) is 11.7 Å². The molecule has 1 amide bonds.